The van der Waals surface area contributed by atoms with Crippen LogP contribution >= 0.6 is 11.6 Å². The molecule has 0 atom stereocenters. The second-order valence-corrected chi connectivity index (χ2v) is 6.59. The van der Waals surface area contributed by atoms with Crippen LogP contribution in [-0.4, -0.2) is 24.0 Å². The predicted octanol–water partition coefficient (Wildman–Crippen LogP) is 5.06. The van der Waals surface area contributed by atoms with Crippen LogP contribution in [-0.2, 0) is 6.42 Å². The minimum Gasteiger partial charge on any atom is -0.383 e. The van der Waals surface area contributed by atoms with Crippen molar-refractivity contribution in [3.05, 3.63) is 89.2 Å². The van der Waals surface area contributed by atoms with E-state index in [1.165, 1.54) is 0 Å². The fourth-order valence-corrected chi connectivity index (χ4v) is 3.12. The van der Waals surface area contributed by atoms with E-state index < -0.39 is 0 Å². The van der Waals surface area contributed by atoms with Gasteiger partial charge < -0.3 is 10.2 Å². The summed E-state index contributed by atoms with van der Waals surface area (Å²) in [5, 5.41) is 4.07. The summed E-state index contributed by atoms with van der Waals surface area (Å²) in [6, 6.07) is 19.3. The highest BCUT2D eigenvalue weighted by Gasteiger charge is 2.16. The number of para-hydroxylation sites is 1. The molecular weight excluding hydrogens is 358 g/mol. The van der Waals surface area contributed by atoms with Gasteiger partial charge in [0, 0.05) is 36.2 Å². The van der Waals surface area contributed by atoms with Crippen LogP contribution in [0.25, 0.3) is 0 Å². The molecule has 3 aromatic rings. The van der Waals surface area contributed by atoms with Gasteiger partial charge in [-0.15, -0.1) is 0 Å². The normalized spacial score (nSPS) is 10.4. The zero-order valence-corrected chi connectivity index (χ0v) is 16.0. The van der Waals surface area contributed by atoms with Gasteiger partial charge in [0.05, 0.1) is 11.3 Å². The lowest BCUT2D eigenvalue weighted by Gasteiger charge is -2.21. The third-order valence-electron chi connectivity index (χ3n) is 4.25. The van der Waals surface area contributed by atoms with Crippen LogP contribution in [0.5, 0.6) is 0 Å². The molecular formula is C22H22ClN3O. The van der Waals surface area contributed by atoms with Gasteiger partial charge in [-0.05, 0) is 49.2 Å². The molecule has 0 fully saturated rings. The maximum Gasteiger partial charge on any atom is 0.259 e. The number of nitrogens with one attached hydrogen (secondary N) is 1. The second kappa shape index (κ2) is 9.19. The molecule has 0 bridgehead atoms. The van der Waals surface area contributed by atoms with Crippen molar-refractivity contribution in [3.8, 4) is 0 Å². The average Bonchev–Trinajstić information content (AvgIpc) is 2.70. The predicted molar refractivity (Wildman–Crippen MR) is 112 cm³/mol. The van der Waals surface area contributed by atoms with Gasteiger partial charge in [0.15, 0.2) is 0 Å². The third kappa shape index (κ3) is 5.08. The fourth-order valence-electron chi connectivity index (χ4n) is 2.90. The van der Waals surface area contributed by atoms with Crippen LogP contribution in [0.3, 0.4) is 0 Å². The Morgan fingerprint density at radius 3 is 2.63 bits per heavy atom. The van der Waals surface area contributed by atoms with Crippen LogP contribution in [0.15, 0.2) is 73.1 Å². The van der Waals surface area contributed by atoms with E-state index in [2.05, 4.69) is 10.3 Å². The number of aromatic nitrogens is 1. The van der Waals surface area contributed by atoms with Crippen molar-refractivity contribution >= 4 is 28.9 Å². The zero-order chi connectivity index (χ0) is 19.1. The van der Waals surface area contributed by atoms with E-state index in [0.717, 1.165) is 34.9 Å². The Labute approximate surface area is 164 Å². The number of halogens is 1. The fraction of sp³-hybridized carbons (Fsp3) is 0.182. The molecule has 2 aromatic carbocycles. The molecule has 0 radical (unpaired) electrons. The van der Waals surface area contributed by atoms with Gasteiger partial charge in [-0.25, -0.2) is 0 Å². The summed E-state index contributed by atoms with van der Waals surface area (Å²) in [5.74, 6) is -0.0605. The van der Waals surface area contributed by atoms with E-state index in [4.69, 9.17) is 11.6 Å². The second-order valence-electron chi connectivity index (χ2n) is 6.15. The van der Waals surface area contributed by atoms with Gasteiger partial charge in [0.2, 0.25) is 0 Å². The molecule has 0 saturated heterocycles. The van der Waals surface area contributed by atoms with Crippen molar-refractivity contribution in [2.45, 2.75) is 13.3 Å². The number of carbonyl (C=O) groups is 1. The summed E-state index contributed by atoms with van der Waals surface area (Å²) in [7, 11) is 0. The van der Waals surface area contributed by atoms with Gasteiger partial charge in [0.25, 0.3) is 5.91 Å². The molecule has 0 unspecified atom stereocenters. The molecule has 1 N–H and O–H groups in total. The summed E-state index contributed by atoms with van der Waals surface area (Å²) in [6.45, 7) is 3.29. The van der Waals surface area contributed by atoms with Crippen LogP contribution < -0.4 is 10.2 Å². The summed E-state index contributed by atoms with van der Waals surface area (Å²) in [4.78, 5) is 18.9. The van der Waals surface area contributed by atoms with Crippen molar-refractivity contribution in [2.75, 3.05) is 23.3 Å². The molecule has 3 rings (SSSR count). The molecule has 0 aliphatic carbocycles. The Hall–Kier alpha value is -2.85. The van der Waals surface area contributed by atoms with Gasteiger partial charge >= 0.3 is 0 Å². The first-order valence-corrected chi connectivity index (χ1v) is 9.35. The molecule has 27 heavy (non-hydrogen) atoms. The average molecular weight is 380 g/mol. The standard InChI is InChI=1S/C22H22ClN3O/c1-2-26(21-9-4-3-5-10-21)22(27)18-14-20(16-24-15-18)25-12-11-17-7-6-8-19(23)13-17/h3-10,13-16,25H,2,11-12H2,1H3. The van der Waals surface area contributed by atoms with Crippen LogP contribution in [0.4, 0.5) is 11.4 Å². The van der Waals surface area contributed by atoms with E-state index in [1.54, 1.807) is 17.3 Å². The quantitative estimate of drug-likeness (QED) is 0.624. The molecule has 0 aliphatic rings. The van der Waals surface area contributed by atoms with Crippen LogP contribution in [0.2, 0.25) is 5.02 Å². The lowest BCUT2D eigenvalue weighted by Crippen LogP contribution is -2.30. The monoisotopic (exact) mass is 379 g/mol. The Kier molecular flexibility index (Phi) is 6.44. The van der Waals surface area contributed by atoms with Gasteiger partial charge in [-0.3, -0.25) is 9.78 Å². The highest BCUT2D eigenvalue weighted by atomic mass is 35.5. The Bertz CT molecular complexity index is 899. The minimum absolute atomic E-state index is 0.0605. The van der Waals surface area contributed by atoms with Crippen LogP contribution in [0.1, 0.15) is 22.8 Å². The summed E-state index contributed by atoms with van der Waals surface area (Å²) in [6.07, 6.45) is 4.17. The maximum absolute atomic E-state index is 12.9. The molecule has 1 aromatic heterocycles. The molecule has 0 spiro atoms. The number of nitrogens with zero attached hydrogens (tertiary/aromatic N) is 2. The maximum atomic E-state index is 12.9. The molecule has 5 heteroatoms. The number of amides is 1. The molecule has 1 heterocycles. The van der Waals surface area contributed by atoms with E-state index in [-0.39, 0.29) is 5.91 Å². The number of benzene rings is 2. The lowest BCUT2D eigenvalue weighted by atomic mass is 10.1. The van der Waals surface area contributed by atoms with E-state index in [1.807, 2.05) is 67.6 Å². The first kappa shape index (κ1) is 18.9. The first-order valence-electron chi connectivity index (χ1n) is 8.97. The summed E-state index contributed by atoms with van der Waals surface area (Å²) in [5.41, 5.74) is 3.43. The SMILES string of the molecule is CCN(C(=O)c1cncc(NCCc2cccc(Cl)c2)c1)c1ccccc1. The van der Waals surface area contributed by atoms with Gasteiger partial charge in [-0.2, -0.15) is 0 Å². The summed E-state index contributed by atoms with van der Waals surface area (Å²) >= 11 is 6.02. The number of carbonyl (C=O) groups excluding carboxylic acids is 1. The highest BCUT2D eigenvalue weighted by molar-refractivity contribution is 6.30. The third-order valence-corrected chi connectivity index (χ3v) is 4.48. The van der Waals surface area contributed by atoms with Crippen molar-refractivity contribution < 1.29 is 4.79 Å². The smallest absolute Gasteiger partial charge is 0.259 e. The molecule has 1 amide bonds. The van der Waals surface area contributed by atoms with Crippen molar-refractivity contribution in [2.24, 2.45) is 0 Å². The van der Waals surface area contributed by atoms with Crippen LogP contribution in [0, 0.1) is 0 Å². The van der Waals surface area contributed by atoms with E-state index in [9.17, 15) is 4.79 Å². The highest BCUT2D eigenvalue weighted by Crippen LogP contribution is 2.18. The number of anilines is 2. The number of pyridine rings is 1. The lowest BCUT2D eigenvalue weighted by molar-refractivity contribution is 0.0988. The molecule has 0 saturated carbocycles. The minimum atomic E-state index is -0.0605. The zero-order valence-electron chi connectivity index (χ0n) is 15.2. The van der Waals surface area contributed by atoms with Crippen molar-refractivity contribution in [1.82, 2.24) is 4.98 Å². The summed E-state index contributed by atoms with van der Waals surface area (Å²) < 4.78 is 0. The first-order chi connectivity index (χ1) is 13.2. The van der Waals surface area contributed by atoms with E-state index >= 15 is 0 Å². The Morgan fingerprint density at radius 2 is 1.89 bits per heavy atom. The largest absolute Gasteiger partial charge is 0.383 e. The number of rotatable bonds is 7. The van der Waals surface area contributed by atoms with E-state index in [0.29, 0.717) is 12.1 Å². The van der Waals surface area contributed by atoms with Gasteiger partial charge in [-0.1, -0.05) is 41.9 Å². The number of hydrogen-bond acceptors (Lipinski definition) is 3. The topological polar surface area (TPSA) is 45.2 Å². The molecule has 138 valence electrons. The molecule has 4 nitrogen and oxygen atoms in total. The van der Waals surface area contributed by atoms with Crippen molar-refractivity contribution in [1.29, 1.82) is 0 Å². The Balaban J connectivity index is 1.66. The Morgan fingerprint density at radius 1 is 1.07 bits per heavy atom. The van der Waals surface area contributed by atoms with Gasteiger partial charge in [0.1, 0.15) is 0 Å². The number of hydrogen-bond donors (Lipinski definition) is 1. The van der Waals surface area contributed by atoms with Crippen molar-refractivity contribution in [3.63, 3.8) is 0 Å². The molecule has 0 aliphatic heterocycles.